The molecule has 0 spiro atoms. The Morgan fingerprint density at radius 1 is 1.35 bits per heavy atom. The minimum absolute atomic E-state index is 0.0337. The van der Waals surface area contributed by atoms with E-state index in [4.69, 9.17) is 16.3 Å². The molecule has 0 radical (unpaired) electrons. The number of rotatable bonds is 4. The maximum atomic E-state index is 12.7. The summed E-state index contributed by atoms with van der Waals surface area (Å²) in [6.07, 6.45) is 0. The van der Waals surface area contributed by atoms with Crippen LogP contribution in [0.4, 0.5) is 0 Å². The van der Waals surface area contributed by atoms with Crippen molar-refractivity contribution in [2.75, 3.05) is 44.9 Å². The van der Waals surface area contributed by atoms with Gasteiger partial charge in [0.2, 0.25) is 0 Å². The number of fused-ring (bicyclic) bond motifs is 1. The molecule has 3 heterocycles. The number of carbonyl (C=O) groups is 1. The minimum atomic E-state index is -3.13. The Morgan fingerprint density at radius 2 is 2.09 bits per heavy atom. The molecule has 128 valence electrons. The lowest BCUT2D eigenvalue weighted by atomic mass is 10.0. The average molecular weight is 379 g/mol. The standard InChI is InChI=1S/C14H19ClN2O4S2/c1-21-7-6-16-4-5-17(11-9-23(19,20)8-10(11)16)14(18)12-2-3-13(15)22-12/h2-3,10-11H,4-9H2,1H3/t10-,11+/m1/s1. The lowest BCUT2D eigenvalue weighted by Gasteiger charge is -2.43. The van der Waals surface area contributed by atoms with Gasteiger partial charge in [0, 0.05) is 32.8 Å². The van der Waals surface area contributed by atoms with Crippen LogP contribution in [0.1, 0.15) is 9.67 Å². The smallest absolute Gasteiger partial charge is 0.264 e. The first kappa shape index (κ1) is 17.2. The van der Waals surface area contributed by atoms with E-state index in [1.165, 1.54) is 11.3 Å². The Balaban J connectivity index is 1.82. The van der Waals surface area contributed by atoms with Crippen LogP contribution in [0.25, 0.3) is 0 Å². The molecule has 2 aliphatic heterocycles. The topological polar surface area (TPSA) is 66.9 Å². The van der Waals surface area contributed by atoms with E-state index < -0.39 is 9.84 Å². The molecule has 0 aliphatic carbocycles. The summed E-state index contributed by atoms with van der Waals surface area (Å²) in [4.78, 5) is 17.1. The van der Waals surface area contributed by atoms with E-state index in [1.54, 1.807) is 24.1 Å². The van der Waals surface area contributed by atoms with Crippen molar-refractivity contribution in [3.05, 3.63) is 21.3 Å². The van der Waals surface area contributed by atoms with Gasteiger partial charge in [-0.05, 0) is 12.1 Å². The van der Waals surface area contributed by atoms with Crippen molar-refractivity contribution in [1.82, 2.24) is 9.80 Å². The van der Waals surface area contributed by atoms with E-state index in [2.05, 4.69) is 4.90 Å². The Morgan fingerprint density at radius 3 is 2.74 bits per heavy atom. The van der Waals surface area contributed by atoms with Gasteiger partial charge < -0.3 is 9.64 Å². The first-order valence-electron chi connectivity index (χ1n) is 7.41. The van der Waals surface area contributed by atoms with Crippen molar-refractivity contribution in [3.8, 4) is 0 Å². The number of carbonyl (C=O) groups excluding carboxylic acids is 1. The molecule has 3 rings (SSSR count). The van der Waals surface area contributed by atoms with Crippen LogP contribution in [-0.4, -0.2) is 81.1 Å². The van der Waals surface area contributed by atoms with E-state index in [9.17, 15) is 13.2 Å². The summed E-state index contributed by atoms with van der Waals surface area (Å²) in [5.74, 6) is 0.0166. The first-order chi connectivity index (χ1) is 10.9. The van der Waals surface area contributed by atoms with Crippen molar-refractivity contribution in [1.29, 1.82) is 0 Å². The summed E-state index contributed by atoms with van der Waals surface area (Å²) in [6, 6.07) is 2.95. The highest BCUT2D eigenvalue weighted by atomic mass is 35.5. The van der Waals surface area contributed by atoms with Crippen molar-refractivity contribution < 1.29 is 17.9 Å². The number of hydrogen-bond acceptors (Lipinski definition) is 6. The third-order valence-electron chi connectivity index (χ3n) is 4.42. The monoisotopic (exact) mass is 378 g/mol. The Labute approximate surface area is 144 Å². The fraction of sp³-hybridized carbons (Fsp3) is 0.643. The van der Waals surface area contributed by atoms with Gasteiger partial charge in [-0.2, -0.15) is 0 Å². The van der Waals surface area contributed by atoms with Crippen molar-refractivity contribution in [2.45, 2.75) is 12.1 Å². The van der Waals surface area contributed by atoms with Gasteiger partial charge in [0.15, 0.2) is 9.84 Å². The second-order valence-electron chi connectivity index (χ2n) is 5.84. The lowest BCUT2D eigenvalue weighted by molar-refractivity contribution is 0.0250. The summed E-state index contributed by atoms with van der Waals surface area (Å²) in [5, 5.41) is 0. The maximum absolute atomic E-state index is 12.7. The Bertz CT molecular complexity index is 691. The molecule has 2 saturated heterocycles. The molecule has 1 amide bonds. The lowest BCUT2D eigenvalue weighted by Crippen LogP contribution is -2.60. The van der Waals surface area contributed by atoms with Crippen LogP contribution in [0.5, 0.6) is 0 Å². The molecule has 1 aromatic heterocycles. The summed E-state index contributed by atoms with van der Waals surface area (Å²) >= 11 is 7.14. The number of thiophene rings is 1. The van der Waals surface area contributed by atoms with Gasteiger partial charge in [-0.1, -0.05) is 11.6 Å². The van der Waals surface area contributed by atoms with Gasteiger partial charge in [0.1, 0.15) is 0 Å². The first-order valence-corrected chi connectivity index (χ1v) is 10.4. The molecule has 9 heteroatoms. The SMILES string of the molecule is COCCN1CCN(C(=O)c2ccc(Cl)s2)[C@H]2CS(=O)(=O)C[C@H]21. The van der Waals surface area contributed by atoms with Crippen molar-refractivity contribution in [3.63, 3.8) is 0 Å². The van der Waals surface area contributed by atoms with Gasteiger partial charge in [-0.15, -0.1) is 11.3 Å². The van der Waals surface area contributed by atoms with Gasteiger partial charge in [0.25, 0.3) is 5.91 Å². The molecule has 0 bridgehead atoms. The van der Waals surface area contributed by atoms with Crippen LogP contribution in [-0.2, 0) is 14.6 Å². The highest BCUT2D eigenvalue weighted by Gasteiger charge is 2.48. The molecular formula is C14H19ClN2O4S2. The molecule has 23 heavy (non-hydrogen) atoms. The molecule has 1 aromatic rings. The second kappa shape index (κ2) is 6.68. The molecule has 6 nitrogen and oxygen atoms in total. The summed E-state index contributed by atoms with van der Waals surface area (Å²) in [6.45, 7) is 2.41. The average Bonchev–Trinajstić information content (AvgIpc) is 3.06. The molecule has 0 unspecified atom stereocenters. The van der Waals surface area contributed by atoms with Gasteiger partial charge in [-0.3, -0.25) is 9.69 Å². The predicted octanol–water partition coefficient (Wildman–Crippen LogP) is 0.971. The van der Waals surface area contributed by atoms with Crippen LogP contribution >= 0.6 is 22.9 Å². The third-order valence-corrected chi connectivity index (χ3v) is 7.34. The van der Waals surface area contributed by atoms with Crippen LogP contribution < -0.4 is 0 Å². The quantitative estimate of drug-likeness (QED) is 0.781. The highest BCUT2D eigenvalue weighted by molar-refractivity contribution is 7.91. The van der Waals surface area contributed by atoms with Crippen LogP contribution in [0.15, 0.2) is 12.1 Å². The third kappa shape index (κ3) is 3.56. The molecule has 0 aromatic carbocycles. The molecule has 2 fully saturated rings. The van der Waals surface area contributed by atoms with E-state index in [1.807, 2.05) is 0 Å². The van der Waals surface area contributed by atoms with Crippen LogP contribution in [0.3, 0.4) is 0 Å². The number of halogens is 1. The van der Waals surface area contributed by atoms with Crippen molar-refractivity contribution >= 4 is 38.7 Å². The van der Waals surface area contributed by atoms with E-state index >= 15 is 0 Å². The number of nitrogens with zero attached hydrogens (tertiary/aromatic N) is 2. The van der Waals surface area contributed by atoms with Gasteiger partial charge in [0.05, 0.1) is 33.4 Å². The van der Waals surface area contributed by atoms with Crippen LogP contribution in [0.2, 0.25) is 4.34 Å². The summed E-state index contributed by atoms with van der Waals surface area (Å²) in [5.41, 5.74) is 0. The van der Waals surface area contributed by atoms with E-state index in [0.29, 0.717) is 35.5 Å². The number of sulfone groups is 1. The zero-order valence-corrected chi connectivity index (χ0v) is 15.2. The second-order valence-corrected chi connectivity index (χ2v) is 9.71. The molecule has 2 atom stereocenters. The van der Waals surface area contributed by atoms with Gasteiger partial charge >= 0.3 is 0 Å². The number of methoxy groups -OCH3 is 1. The summed E-state index contributed by atoms with van der Waals surface area (Å²) in [7, 11) is -1.50. The molecular weight excluding hydrogens is 360 g/mol. The number of hydrogen-bond donors (Lipinski definition) is 0. The molecule has 0 N–H and O–H groups in total. The zero-order chi connectivity index (χ0) is 16.6. The largest absolute Gasteiger partial charge is 0.383 e. The fourth-order valence-electron chi connectivity index (χ4n) is 3.33. The van der Waals surface area contributed by atoms with Crippen molar-refractivity contribution in [2.24, 2.45) is 0 Å². The number of amides is 1. The van der Waals surface area contributed by atoms with Crippen LogP contribution in [0, 0.1) is 0 Å². The zero-order valence-electron chi connectivity index (χ0n) is 12.8. The Kier molecular flexibility index (Phi) is 4.98. The molecule has 2 aliphatic rings. The minimum Gasteiger partial charge on any atom is -0.383 e. The number of ether oxygens (including phenoxy) is 1. The fourth-order valence-corrected chi connectivity index (χ4v) is 6.34. The predicted molar refractivity (Wildman–Crippen MR) is 90.0 cm³/mol. The highest BCUT2D eigenvalue weighted by Crippen LogP contribution is 2.30. The maximum Gasteiger partial charge on any atom is 0.264 e. The Hall–Kier alpha value is -0.670. The van der Waals surface area contributed by atoms with E-state index in [0.717, 1.165) is 0 Å². The van der Waals surface area contributed by atoms with E-state index in [-0.39, 0.29) is 29.5 Å². The normalized spacial score (nSPS) is 27.1. The van der Waals surface area contributed by atoms with Gasteiger partial charge in [-0.25, -0.2) is 8.42 Å². The molecule has 0 saturated carbocycles. The summed E-state index contributed by atoms with van der Waals surface area (Å²) < 4.78 is 29.9. The number of piperazine rings is 1.